The van der Waals surface area contributed by atoms with Gasteiger partial charge in [-0.2, -0.15) is 0 Å². The summed E-state index contributed by atoms with van der Waals surface area (Å²) in [5.74, 6) is -0.373. The summed E-state index contributed by atoms with van der Waals surface area (Å²) in [6, 6.07) is 5.36. The van der Waals surface area contributed by atoms with Crippen LogP contribution in [0.4, 0.5) is 5.69 Å². The molecular formula is C14H12BrNO3. The van der Waals surface area contributed by atoms with Crippen LogP contribution in [0.2, 0.25) is 0 Å². The minimum Gasteiger partial charge on any atom is -0.451 e. The van der Waals surface area contributed by atoms with Gasteiger partial charge in [-0.1, -0.05) is 22.0 Å². The SMILES string of the molecule is CC=CC(=O)Nc1c(C(C)=O)oc2ccc(Br)cc12. The number of amides is 1. The molecule has 0 spiro atoms. The minimum atomic E-state index is -0.298. The highest BCUT2D eigenvalue weighted by atomic mass is 79.9. The predicted octanol–water partition coefficient (Wildman–Crippen LogP) is 3.91. The molecule has 1 heterocycles. The number of benzene rings is 1. The number of halogens is 1. The average Bonchev–Trinajstić information content (AvgIpc) is 2.68. The van der Waals surface area contributed by atoms with Gasteiger partial charge in [0.15, 0.2) is 11.5 Å². The molecule has 0 aliphatic rings. The van der Waals surface area contributed by atoms with Crippen molar-refractivity contribution in [2.45, 2.75) is 13.8 Å². The first-order valence-corrected chi connectivity index (χ1v) is 6.49. The first kappa shape index (κ1) is 13.5. The number of carbonyl (C=O) groups excluding carboxylic acids is 2. The van der Waals surface area contributed by atoms with E-state index in [0.717, 1.165) is 4.47 Å². The lowest BCUT2D eigenvalue weighted by Crippen LogP contribution is -2.09. The molecule has 1 amide bonds. The molecule has 4 nitrogen and oxygen atoms in total. The molecule has 0 saturated carbocycles. The summed E-state index contributed by atoms with van der Waals surface area (Å²) in [4.78, 5) is 23.2. The van der Waals surface area contributed by atoms with Crippen LogP contribution in [0.25, 0.3) is 11.0 Å². The van der Waals surface area contributed by atoms with Gasteiger partial charge in [0.1, 0.15) is 5.58 Å². The van der Waals surface area contributed by atoms with Gasteiger partial charge in [0.05, 0.1) is 5.69 Å². The second kappa shape index (κ2) is 5.40. The molecule has 19 heavy (non-hydrogen) atoms. The van der Waals surface area contributed by atoms with Crippen molar-refractivity contribution in [2.24, 2.45) is 0 Å². The fraction of sp³-hybridized carbons (Fsp3) is 0.143. The lowest BCUT2D eigenvalue weighted by atomic mass is 10.2. The van der Waals surface area contributed by atoms with Gasteiger partial charge in [0.25, 0.3) is 0 Å². The quantitative estimate of drug-likeness (QED) is 0.688. The summed E-state index contributed by atoms with van der Waals surface area (Å²) in [6.45, 7) is 3.15. The van der Waals surface area contributed by atoms with E-state index in [1.165, 1.54) is 13.0 Å². The number of ketones is 1. The molecule has 2 rings (SSSR count). The normalized spacial score (nSPS) is 11.1. The van der Waals surface area contributed by atoms with Gasteiger partial charge in [-0.3, -0.25) is 9.59 Å². The van der Waals surface area contributed by atoms with Gasteiger partial charge in [-0.25, -0.2) is 0 Å². The molecule has 2 aromatic rings. The summed E-state index contributed by atoms with van der Waals surface area (Å²) in [5, 5.41) is 3.37. The Labute approximate surface area is 118 Å². The Bertz CT molecular complexity index is 685. The molecule has 0 saturated heterocycles. The number of furan rings is 1. The molecule has 0 unspecified atom stereocenters. The maximum atomic E-state index is 11.7. The van der Waals surface area contributed by atoms with E-state index in [-0.39, 0.29) is 17.5 Å². The van der Waals surface area contributed by atoms with Crippen molar-refractivity contribution >= 4 is 44.3 Å². The molecule has 5 heteroatoms. The van der Waals surface area contributed by atoms with E-state index in [9.17, 15) is 9.59 Å². The zero-order valence-corrected chi connectivity index (χ0v) is 12.1. The largest absolute Gasteiger partial charge is 0.451 e. The van der Waals surface area contributed by atoms with E-state index < -0.39 is 0 Å². The number of anilines is 1. The Morgan fingerprint density at radius 2 is 2.11 bits per heavy atom. The second-order valence-corrected chi connectivity index (χ2v) is 4.91. The van der Waals surface area contributed by atoms with Crippen LogP contribution in [0.1, 0.15) is 24.4 Å². The maximum Gasteiger partial charge on any atom is 0.248 e. The number of nitrogens with one attached hydrogen (secondary N) is 1. The first-order chi connectivity index (χ1) is 9.02. The number of hydrogen-bond acceptors (Lipinski definition) is 3. The number of allylic oxidation sites excluding steroid dienone is 1. The van der Waals surface area contributed by atoms with E-state index in [4.69, 9.17) is 4.42 Å². The molecular weight excluding hydrogens is 310 g/mol. The molecule has 0 aliphatic carbocycles. The van der Waals surface area contributed by atoms with Gasteiger partial charge in [0, 0.05) is 16.8 Å². The fourth-order valence-corrected chi connectivity index (χ4v) is 2.12. The molecule has 0 fully saturated rings. The van der Waals surface area contributed by atoms with Crippen molar-refractivity contribution in [3.05, 3.63) is 40.6 Å². The Kier molecular flexibility index (Phi) is 3.85. The summed E-state index contributed by atoms with van der Waals surface area (Å²) in [6.07, 6.45) is 3.02. The molecule has 0 radical (unpaired) electrons. The number of fused-ring (bicyclic) bond motifs is 1. The number of Topliss-reactive ketones (excluding diaryl/α,β-unsaturated/α-hetero) is 1. The molecule has 0 bridgehead atoms. The highest BCUT2D eigenvalue weighted by molar-refractivity contribution is 9.10. The minimum absolute atomic E-state index is 0.158. The van der Waals surface area contributed by atoms with Gasteiger partial charge < -0.3 is 9.73 Å². The third-order valence-corrected chi connectivity index (χ3v) is 3.03. The van der Waals surface area contributed by atoms with Crippen LogP contribution in [-0.2, 0) is 4.79 Å². The summed E-state index contributed by atoms with van der Waals surface area (Å²) >= 11 is 3.36. The number of rotatable bonds is 3. The first-order valence-electron chi connectivity index (χ1n) is 5.69. The van der Waals surface area contributed by atoms with Crippen molar-refractivity contribution in [3.8, 4) is 0 Å². The average molecular weight is 322 g/mol. The Morgan fingerprint density at radius 1 is 1.37 bits per heavy atom. The van der Waals surface area contributed by atoms with Crippen molar-refractivity contribution in [1.82, 2.24) is 0 Å². The summed E-state index contributed by atoms with van der Waals surface area (Å²) in [5.41, 5.74) is 0.969. The predicted molar refractivity (Wildman–Crippen MR) is 77.4 cm³/mol. The summed E-state index contributed by atoms with van der Waals surface area (Å²) < 4.78 is 6.33. The topological polar surface area (TPSA) is 59.3 Å². The van der Waals surface area contributed by atoms with Crippen LogP contribution >= 0.6 is 15.9 Å². The zero-order valence-electron chi connectivity index (χ0n) is 10.5. The smallest absolute Gasteiger partial charge is 0.248 e. The van der Waals surface area contributed by atoms with E-state index in [2.05, 4.69) is 21.2 Å². The second-order valence-electron chi connectivity index (χ2n) is 3.99. The van der Waals surface area contributed by atoms with Crippen LogP contribution in [0, 0.1) is 0 Å². The highest BCUT2D eigenvalue weighted by Crippen LogP contribution is 2.33. The molecule has 1 aromatic heterocycles. The lowest BCUT2D eigenvalue weighted by molar-refractivity contribution is -0.111. The standard InChI is InChI=1S/C14H12BrNO3/c1-3-4-12(18)16-13-10-7-9(15)5-6-11(10)19-14(13)8(2)17/h3-7H,1-2H3,(H,16,18). The van der Waals surface area contributed by atoms with Crippen molar-refractivity contribution < 1.29 is 14.0 Å². The van der Waals surface area contributed by atoms with Gasteiger partial charge >= 0.3 is 0 Å². The van der Waals surface area contributed by atoms with Crippen molar-refractivity contribution in [1.29, 1.82) is 0 Å². The Balaban J connectivity index is 2.60. The molecule has 98 valence electrons. The maximum absolute atomic E-state index is 11.7. The Morgan fingerprint density at radius 3 is 2.74 bits per heavy atom. The third kappa shape index (κ3) is 2.76. The van der Waals surface area contributed by atoms with Gasteiger partial charge in [-0.05, 0) is 31.2 Å². The molecule has 0 atom stereocenters. The Hall–Kier alpha value is -1.88. The zero-order chi connectivity index (χ0) is 14.0. The molecule has 1 aromatic carbocycles. The van der Waals surface area contributed by atoms with Crippen LogP contribution in [0.15, 0.2) is 39.2 Å². The van der Waals surface area contributed by atoms with Crippen LogP contribution in [0.3, 0.4) is 0 Å². The summed E-state index contributed by atoms with van der Waals surface area (Å²) in [7, 11) is 0. The van der Waals surface area contributed by atoms with Crippen molar-refractivity contribution in [3.63, 3.8) is 0 Å². The van der Waals surface area contributed by atoms with Gasteiger partial charge in [0.2, 0.25) is 5.91 Å². The third-order valence-electron chi connectivity index (χ3n) is 2.54. The van der Waals surface area contributed by atoms with Crippen LogP contribution in [-0.4, -0.2) is 11.7 Å². The number of hydrogen-bond donors (Lipinski definition) is 1. The van der Waals surface area contributed by atoms with Crippen molar-refractivity contribution in [2.75, 3.05) is 5.32 Å². The van der Waals surface area contributed by atoms with E-state index >= 15 is 0 Å². The van der Waals surface area contributed by atoms with E-state index in [0.29, 0.717) is 16.7 Å². The van der Waals surface area contributed by atoms with Crippen LogP contribution in [0.5, 0.6) is 0 Å². The van der Waals surface area contributed by atoms with Gasteiger partial charge in [-0.15, -0.1) is 0 Å². The molecule has 0 aliphatic heterocycles. The van der Waals surface area contributed by atoms with E-state index in [1.807, 2.05) is 6.07 Å². The highest BCUT2D eigenvalue weighted by Gasteiger charge is 2.19. The van der Waals surface area contributed by atoms with E-state index in [1.54, 1.807) is 25.1 Å². The monoisotopic (exact) mass is 321 g/mol. The fourth-order valence-electron chi connectivity index (χ4n) is 1.76. The number of carbonyl (C=O) groups is 2. The molecule has 1 N–H and O–H groups in total. The lowest BCUT2D eigenvalue weighted by Gasteiger charge is -2.01. The van der Waals surface area contributed by atoms with Crippen LogP contribution < -0.4 is 5.32 Å².